The standard InChI is InChI=1S/C18H18BrN3/c1-11-2-7-16(21-11)18-20-10-17(22-18)14-4-3-13-9-15(19)6-5-12(13)8-14/h3-6,8-11,16,21H,2,7H2,1H3,(H,20,22)/t11-,16-/m0/s1. The zero-order valence-corrected chi connectivity index (χ0v) is 14.0. The molecule has 0 bridgehead atoms. The van der Waals surface area contributed by atoms with Gasteiger partial charge in [-0.3, -0.25) is 0 Å². The van der Waals surface area contributed by atoms with Crippen LogP contribution in [0.25, 0.3) is 22.0 Å². The number of aromatic nitrogens is 2. The molecular formula is C18H18BrN3. The molecule has 2 heterocycles. The number of hydrogen-bond acceptors (Lipinski definition) is 2. The third kappa shape index (κ3) is 2.57. The van der Waals surface area contributed by atoms with E-state index in [1.807, 2.05) is 6.20 Å². The Kier molecular flexibility index (Phi) is 3.51. The van der Waals surface area contributed by atoms with Crippen molar-refractivity contribution < 1.29 is 0 Å². The zero-order valence-electron chi connectivity index (χ0n) is 12.4. The summed E-state index contributed by atoms with van der Waals surface area (Å²) in [5.74, 6) is 1.05. The number of imidazole rings is 1. The van der Waals surface area contributed by atoms with Crippen LogP contribution in [0.5, 0.6) is 0 Å². The number of aromatic amines is 1. The highest BCUT2D eigenvalue weighted by molar-refractivity contribution is 9.10. The quantitative estimate of drug-likeness (QED) is 0.692. The number of nitrogens with one attached hydrogen (secondary N) is 2. The minimum absolute atomic E-state index is 0.361. The normalized spacial score (nSPS) is 21.5. The molecule has 112 valence electrons. The van der Waals surface area contributed by atoms with Crippen LogP contribution in [0, 0.1) is 0 Å². The molecule has 3 nitrogen and oxygen atoms in total. The molecule has 2 N–H and O–H groups in total. The number of nitrogens with zero attached hydrogens (tertiary/aromatic N) is 1. The minimum Gasteiger partial charge on any atom is -0.341 e. The molecule has 1 saturated heterocycles. The zero-order chi connectivity index (χ0) is 15.1. The van der Waals surface area contributed by atoms with Crippen LogP contribution >= 0.6 is 15.9 Å². The lowest BCUT2D eigenvalue weighted by atomic mass is 10.1. The van der Waals surface area contributed by atoms with Crippen molar-refractivity contribution in [3.05, 3.63) is 52.9 Å². The molecule has 3 aromatic rings. The van der Waals surface area contributed by atoms with Gasteiger partial charge in [-0.05, 0) is 48.7 Å². The summed E-state index contributed by atoms with van der Waals surface area (Å²) in [6, 6.07) is 13.8. The van der Waals surface area contributed by atoms with Crippen molar-refractivity contribution in [2.45, 2.75) is 31.8 Å². The Morgan fingerprint density at radius 1 is 1.09 bits per heavy atom. The fourth-order valence-corrected chi connectivity index (χ4v) is 3.57. The Morgan fingerprint density at radius 2 is 1.91 bits per heavy atom. The molecule has 0 aliphatic carbocycles. The SMILES string of the molecule is C[C@H]1CC[C@@H](c2ncc(-c3ccc4cc(Br)ccc4c3)[nH]2)N1. The van der Waals surface area contributed by atoms with E-state index in [9.17, 15) is 0 Å². The first kappa shape index (κ1) is 14.0. The molecule has 2 atom stereocenters. The van der Waals surface area contributed by atoms with Gasteiger partial charge >= 0.3 is 0 Å². The molecule has 4 rings (SSSR count). The summed E-state index contributed by atoms with van der Waals surface area (Å²) in [4.78, 5) is 8.06. The molecule has 0 unspecified atom stereocenters. The predicted molar refractivity (Wildman–Crippen MR) is 93.8 cm³/mol. The molecule has 0 saturated carbocycles. The van der Waals surface area contributed by atoms with Crippen molar-refractivity contribution in [1.82, 2.24) is 15.3 Å². The highest BCUT2D eigenvalue weighted by Gasteiger charge is 2.24. The highest BCUT2D eigenvalue weighted by Crippen LogP contribution is 2.28. The van der Waals surface area contributed by atoms with Crippen LogP contribution in [0.15, 0.2) is 47.1 Å². The average Bonchev–Trinajstić information content (AvgIpc) is 3.15. The van der Waals surface area contributed by atoms with Gasteiger partial charge in [0.25, 0.3) is 0 Å². The monoisotopic (exact) mass is 355 g/mol. The summed E-state index contributed by atoms with van der Waals surface area (Å²) < 4.78 is 1.11. The van der Waals surface area contributed by atoms with E-state index in [-0.39, 0.29) is 0 Å². The molecule has 1 aliphatic heterocycles. The van der Waals surface area contributed by atoms with E-state index in [1.165, 1.54) is 22.8 Å². The van der Waals surface area contributed by atoms with Gasteiger partial charge in [-0.15, -0.1) is 0 Å². The predicted octanol–water partition coefficient (Wildman–Crippen LogP) is 4.81. The van der Waals surface area contributed by atoms with Crippen molar-refractivity contribution in [2.75, 3.05) is 0 Å². The molecule has 0 radical (unpaired) electrons. The number of halogens is 1. The molecule has 22 heavy (non-hydrogen) atoms. The van der Waals surface area contributed by atoms with Crippen LogP contribution in [0.1, 0.15) is 31.6 Å². The van der Waals surface area contributed by atoms with E-state index in [0.29, 0.717) is 12.1 Å². The van der Waals surface area contributed by atoms with Gasteiger partial charge in [0.15, 0.2) is 0 Å². The summed E-state index contributed by atoms with van der Waals surface area (Å²) in [7, 11) is 0. The van der Waals surface area contributed by atoms with E-state index in [4.69, 9.17) is 0 Å². The molecule has 4 heteroatoms. The number of hydrogen-bond donors (Lipinski definition) is 2. The molecule has 2 aromatic carbocycles. The van der Waals surface area contributed by atoms with E-state index < -0.39 is 0 Å². The fourth-order valence-electron chi connectivity index (χ4n) is 3.19. The number of H-pyrrole nitrogens is 1. The first-order valence-corrected chi connectivity index (χ1v) is 8.49. The minimum atomic E-state index is 0.361. The Bertz CT molecular complexity index is 824. The van der Waals surface area contributed by atoms with Crippen LogP contribution in [-0.2, 0) is 0 Å². The number of fused-ring (bicyclic) bond motifs is 1. The Balaban J connectivity index is 1.67. The topological polar surface area (TPSA) is 40.7 Å². The maximum Gasteiger partial charge on any atom is 0.123 e. The number of rotatable bonds is 2. The lowest BCUT2D eigenvalue weighted by Gasteiger charge is -2.08. The second-order valence-corrected chi connectivity index (χ2v) is 7.00. The van der Waals surface area contributed by atoms with Gasteiger partial charge < -0.3 is 10.3 Å². The summed E-state index contributed by atoms with van der Waals surface area (Å²) in [5.41, 5.74) is 2.26. The van der Waals surface area contributed by atoms with Crippen LogP contribution < -0.4 is 5.32 Å². The van der Waals surface area contributed by atoms with Gasteiger partial charge in [-0.25, -0.2) is 4.98 Å². The molecule has 0 spiro atoms. The highest BCUT2D eigenvalue weighted by atomic mass is 79.9. The summed E-state index contributed by atoms with van der Waals surface area (Å²) in [5, 5.41) is 6.05. The van der Waals surface area contributed by atoms with Crippen LogP contribution in [0.4, 0.5) is 0 Å². The summed E-state index contributed by atoms with van der Waals surface area (Å²) in [6.07, 6.45) is 4.31. The van der Waals surface area contributed by atoms with Crippen molar-refractivity contribution in [3.8, 4) is 11.3 Å². The van der Waals surface area contributed by atoms with Gasteiger partial charge in [0.1, 0.15) is 5.82 Å². The molecular weight excluding hydrogens is 338 g/mol. The maximum atomic E-state index is 4.58. The van der Waals surface area contributed by atoms with E-state index in [0.717, 1.165) is 22.4 Å². The van der Waals surface area contributed by atoms with Crippen LogP contribution in [0.3, 0.4) is 0 Å². The lowest BCUT2D eigenvalue weighted by molar-refractivity contribution is 0.564. The second kappa shape index (κ2) is 5.52. The van der Waals surface area contributed by atoms with Gasteiger partial charge in [-0.2, -0.15) is 0 Å². The second-order valence-electron chi connectivity index (χ2n) is 6.09. The van der Waals surface area contributed by atoms with Gasteiger partial charge in [0, 0.05) is 16.1 Å². The van der Waals surface area contributed by atoms with Gasteiger partial charge in [0.2, 0.25) is 0 Å². The van der Waals surface area contributed by atoms with Gasteiger partial charge in [0.05, 0.1) is 17.9 Å². The largest absolute Gasteiger partial charge is 0.341 e. The third-order valence-corrected chi connectivity index (χ3v) is 4.91. The van der Waals surface area contributed by atoms with Gasteiger partial charge in [-0.1, -0.05) is 34.1 Å². The summed E-state index contributed by atoms with van der Waals surface area (Å²) >= 11 is 3.52. The Labute approximate surface area is 138 Å². The first-order chi connectivity index (χ1) is 10.7. The maximum absolute atomic E-state index is 4.58. The first-order valence-electron chi connectivity index (χ1n) is 7.70. The molecule has 1 fully saturated rings. The molecule has 1 aromatic heterocycles. The van der Waals surface area contributed by atoms with Crippen molar-refractivity contribution in [3.63, 3.8) is 0 Å². The number of benzene rings is 2. The molecule has 0 amide bonds. The van der Waals surface area contributed by atoms with E-state index in [1.54, 1.807) is 0 Å². The average molecular weight is 356 g/mol. The Morgan fingerprint density at radius 3 is 2.73 bits per heavy atom. The third-order valence-electron chi connectivity index (χ3n) is 4.41. The van der Waals surface area contributed by atoms with Crippen molar-refractivity contribution >= 4 is 26.7 Å². The van der Waals surface area contributed by atoms with Crippen LogP contribution in [-0.4, -0.2) is 16.0 Å². The molecule has 1 aliphatic rings. The van der Waals surface area contributed by atoms with E-state index >= 15 is 0 Å². The lowest BCUT2D eigenvalue weighted by Crippen LogP contribution is -2.21. The summed E-state index contributed by atoms with van der Waals surface area (Å²) in [6.45, 7) is 2.23. The fraction of sp³-hybridized carbons (Fsp3) is 0.278. The smallest absolute Gasteiger partial charge is 0.123 e. The van der Waals surface area contributed by atoms with Crippen LogP contribution in [0.2, 0.25) is 0 Å². The van der Waals surface area contributed by atoms with Crippen molar-refractivity contribution in [2.24, 2.45) is 0 Å². The van der Waals surface area contributed by atoms with E-state index in [2.05, 4.69) is 74.5 Å². The Hall–Kier alpha value is -1.65. The van der Waals surface area contributed by atoms with Crippen molar-refractivity contribution in [1.29, 1.82) is 0 Å².